The number of hydrogen-bond donors (Lipinski definition) is 1. The Bertz CT molecular complexity index is 1110. The van der Waals surface area contributed by atoms with Crippen LogP contribution in [0.5, 0.6) is 0 Å². The molecule has 1 saturated heterocycles. The Hall–Kier alpha value is -2.78. The van der Waals surface area contributed by atoms with Crippen molar-refractivity contribution < 1.29 is 13.9 Å². The minimum atomic E-state index is -0.287. The van der Waals surface area contributed by atoms with Crippen molar-refractivity contribution in [3.05, 3.63) is 41.5 Å². The van der Waals surface area contributed by atoms with Crippen LogP contribution >= 0.6 is 0 Å². The summed E-state index contributed by atoms with van der Waals surface area (Å²) in [6.07, 6.45) is 4.09. The van der Waals surface area contributed by atoms with E-state index in [2.05, 4.69) is 22.1 Å². The van der Waals surface area contributed by atoms with Gasteiger partial charge < -0.3 is 24.3 Å². The summed E-state index contributed by atoms with van der Waals surface area (Å²) in [5.74, 6) is 1.19. The Morgan fingerprint density at radius 3 is 2.88 bits per heavy atom. The number of imidazole rings is 1. The molecule has 0 aliphatic carbocycles. The van der Waals surface area contributed by atoms with Gasteiger partial charge in [0.25, 0.3) is 0 Å². The molecule has 1 N–H and O–H groups in total. The first-order valence-electron chi connectivity index (χ1n) is 11.2. The number of aromatic nitrogens is 4. The van der Waals surface area contributed by atoms with E-state index >= 15 is 0 Å². The van der Waals surface area contributed by atoms with Crippen molar-refractivity contribution in [2.75, 3.05) is 43.6 Å². The average Bonchev–Trinajstić information content (AvgIpc) is 3.26. The summed E-state index contributed by atoms with van der Waals surface area (Å²) in [6.45, 7) is 6.07. The quantitative estimate of drug-likeness (QED) is 0.631. The van der Waals surface area contributed by atoms with E-state index in [-0.39, 0.29) is 11.4 Å². The van der Waals surface area contributed by atoms with Crippen molar-refractivity contribution in [1.82, 2.24) is 19.5 Å². The highest BCUT2D eigenvalue weighted by Crippen LogP contribution is 2.30. The molecule has 4 heterocycles. The molecule has 0 bridgehead atoms. The fourth-order valence-electron chi connectivity index (χ4n) is 4.60. The van der Waals surface area contributed by atoms with Crippen LogP contribution in [-0.2, 0) is 29.0 Å². The predicted molar refractivity (Wildman–Crippen MR) is 120 cm³/mol. The summed E-state index contributed by atoms with van der Waals surface area (Å²) >= 11 is 0. The number of halogens is 1. The lowest BCUT2D eigenvalue weighted by molar-refractivity contribution is -0.0807. The molecule has 0 radical (unpaired) electrons. The molecule has 1 fully saturated rings. The minimum Gasteiger partial charge on any atom is -0.381 e. The molecular weight excluding hydrogens is 411 g/mol. The Labute approximate surface area is 186 Å². The summed E-state index contributed by atoms with van der Waals surface area (Å²) in [5, 5.41) is 3.50. The second-order valence-corrected chi connectivity index (χ2v) is 8.48. The van der Waals surface area contributed by atoms with Crippen LogP contribution in [0.15, 0.2) is 24.5 Å². The third-order valence-corrected chi connectivity index (χ3v) is 6.70. The maximum absolute atomic E-state index is 14.2. The van der Waals surface area contributed by atoms with Gasteiger partial charge in [0.15, 0.2) is 17.0 Å². The van der Waals surface area contributed by atoms with Gasteiger partial charge in [-0.05, 0) is 30.5 Å². The molecule has 9 heteroatoms. The Balaban J connectivity index is 1.47. The molecule has 8 nitrogen and oxygen atoms in total. The van der Waals surface area contributed by atoms with E-state index < -0.39 is 0 Å². The van der Waals surface area contributed by atoms with Crippen molar-refractivity contribution in [3.63, 3.8) is 0 Å². The lowest BCUT2D eigenvalue weighted by Gasteiger charge is -2.36. The van der Waals surface area contributed by atoms with Crippen LogP contribution in [0.2, 0.25) is 0 Å². The van der Waals surface area contributed by atoms with Crippen LogP contribution in [0.25, 0.3) is 11.2 Å². The molecule has 1 aromatic carbocycles. The van der Waals surface area contributed by atoms with E-state index in [9.17, 15) is 4.39 Å². The molecule has 32 heavy (non-hydrogen) atoms. The number of rotatable bonds is 6. The third-order valence-electron chi connectivity index (χ3n) is 6.70. The summed E-state index contributed by atoms with van der Waals surface area (Å²) in [7, 11) is 1.75. The largest absolute Gasteiger partial charge is 0.381 e. The highest BCUT2D eigenvalue weighted by Gasteiger charge is 2.33. The van der Waals surface area contributed by atoms with Gasteiger partial charge in [-0.25, -0.2) is 9.37 Å². The number of nitrogens with zero attached hydrogens (tertiary/aromatic N) is 5. The zero-order chi connectivity index (χ0) is 22.1. The highest BCUT2D eigenvalue weighted by molar-refractivity contribution is 5.84. The lowest BCUT2D eigenvalue weighted by Crippen LogP contribution is -2.44. The molecule has 0 unspecified atom stereocenters. The van der Waals surface area contributed by atoms with Crippen LogP contribution in [-0.4, -0.2) is 58.5 Å². The van der Waals surface area contributed by atoms with Gasteiger partial charge in [0.05, 0.1) is 11.9 Å². The number of aryl methyl sites for hydroxylation is 1. The normalized spacial score (nSPS) is 18.0. The second-order valence-electron chi connectivity index (χ2n) is 8.48. The molecular formula is C23H29FN6O2. The van der Waals surface area contributed by atoms with Gasteiger partial charge in [0.2, 0.25) is 5.95 Å². The number of hydrogen-bond acceptors (Lipinski definition) is 7. The van der Waals surface area contributed by atoms with Crippen molar-refractivity contribution >= 4 is 22.9 Å². The lowest BCUT2D eigenvalue weighted by atomic mass is 9.94. The number of ether oxygens (including phenoxy) is 2. The molecule has 0 spiro atoms. The third kappa shape index (κ3) is 3.80. The van der Waals surface area contributed by atoms with Gasteiger partial charge in [-0.2, -0.15) is 9.97 Å². The van der Waals surface area contributed by atoms with E-state index in [0.29, 0.717) is 51.0 Å². The maximum Gasteiger partial charge on any atom is 0.229 e. The molecule has 0 atom stereocenters. The van der Waals surface area contributed by atoms with E-state index in [0.717, 1.165) is 41.7 Å². The Kier molecular flexibility index (Phi) is 5.69. The number of benzene rings is 1. The molecule has 2 aliphatic rings. The van der Waals surface area contributed by atoms with Crippen LogP contribution in [0.3, 0.4) is 0 Å². The van der Waals surface area contributed by atoms with Crippen LogP contribution < -0.4 is 10.2 Å². The molecule has 5 rings (SSSR count). The zero-order valence-electron chi connectivity index (χ0n) is 18.6. The first-order valence-corrected chi connectivity index (χ1v) is 11.2. The summed E-state index contributed by atoms with van der Waals surface area (Å²) in [6, 6.07) is 5.27. The van der Waals surface area contributed by atoms with Gasteiger partial charge in [-0.1, -0.05) is 12.1 Å². The fraction of sp³-hybridized carbons (Fsp3) is 0.522. The van der Waals surface area contributed by atoms with Crippen LogP contribution in [0, 0.1) is 5.82 Å². The summed E-state index contributed by atoms with van der Waals surface area (Å²) in [4.78, 5) is 16.4. The van der Waals surface area contributed by atoms with Crippen LogP contribution in [0.4, 0.5) is 16.2 Å². The molecule has 2 aromatic heterocycles. The number of nitrogens with one attached hydrogen (secondary N) is 1. The van der Waals surface area contributed by atoms with Gasteiger partial charge in [-0.3, -0.25) is 0 Å². The first-order chi connectivity index (χ1) is 15.6. The molecule has 2 aliphatic heterocycles. The predicted octanol–water partition coefficient (Wildman–Crippen LogP) is 3.16. The van der Waals surface area contributed by atoms with Gasteiger partial charge in [0.1, 0.15) is 5.82 Å². The van der Waals surface area contributed by atoms with E-state index in [4.69, 9.17) is 19.4 Å². The molecule has 0 amide bonds. The zero-order valence-corrected chi connectivity index (χ0v) is 18.6. The van der Waals surface area contributed by atoms with Crippen molar-refractivity contribution in [2.45, 2.75) is 44.9 Å². The number of anilines is 2. The van der Waals surface area contributed by atoms with E-state index in [1.807, 2.05) is 10.6 Å². The second kappa shape index (κ2) is 8.63. The highest BCUT2D eigenvalue weighted by atomic mass is 19.1. The minimum absolute atomic E-state index is 0.133. The SMILES string of the molecule is CCn1cnc2c(NCC3(OC)CCOCC3)nc(N3CCc4c(F)cccc4C3)nc21. The summed E-state index contributed by atoms with van der Waals surface area (Å²) < 4.78 is 27.6. The number of fused-ring (bicyclic) bond motifs is 2. The van der Waals surface area contributed by atoms with Gasteiger partial charge >= 0.3 is 0 Å². The fourth-order valence-corrected chi connectivity index (χ4v) is 4.60. The summed E-state index contributed by atoms with van der Waals surface area (Å²) in [5.41, 5.74) is 3.04. The standard InChI is InChI=1S/C23H29FN6O2/c1-3-29-15-26-19-20(25-14-23(31-2)8-11-32-12-9-23)27-22(28-21(19)29)30-10-7-17-16(13-30)5-4-6-18(17)24/h4-6,15H,3,7-14H2,1-2H3,(H,25,27,28). The smallest absolute Gasteiger partial charge is 0.229 e. The van der Waals surface area contributed by atoms with Crippen molar-refractivity contribution in [3.8, 4) is 0 Å². The van der Waals surface area contributed by atoms with Crippen LogP contribution in [0.1, 0.15) is 30.9 Å². The van der Waals surface area contributed by atoms with E-state index in [1.165, 1.54) is 6.07 Å². The average molecular weight is 441 g/mol. The molecule has 0 saturated carbocycles. The maximum atomic E-state index is 14.2. The first kappa shape index (κ1) is 21.1. The Morgan fingerprint density at radius 2 is 2.09 bits per heavy atom. The van der Waals surface area contributed by atoms with Gasteiger partial charge in [-0.15, -0.1) is 0 Å². The molecule has 3 aromatic rings. The van der Waals surface area contributed by atoms with Gasteiger partial charge in [0, 0.05) is 59.3 Å². The molecule has 170 valence electrons. The number of methoxy groups -OCH3 is 1. The topological polar surface area (TPSA) is 77.3 Å². The van der Waals surface area contributed by atoms with Crippen molar-refractivity contribution in [1.29, 1.82) is 0 Å². The van der Waals surface area contributed by atoms with Crippen molar-refractivity contribution in [2.24, 2.45) is 0 Å². The van der Waals surface area contributed by atoms with E-state index in [1.54, 1.807) is 19.5 Å². The monoisotopic (exact) mass is 440 g/mol. The Morgan fingerprint density at radius 1 is 1.25 bits per heavy atom.